The molecule has 0 atom stereocenters. The topological polar surface area (TPSA) is 55.1 Å². The number of hydrogen-bond acceptors (Lipinski definition) is 4. The van der Waals surface area contributed by atoms with Crippen LogP contribution in [0, 0.1) is 12.3 Å². The number of thiophene rings is 1. The molecule has 0 spiro atoms. The highest BCUT2D eigenvalue weighted by Crippen LogP contribution is 2.57. The Labute approximate surface area is 151 Å². The predicted molar refractivity (Wildman–Crippen MR) is 96.2 cm³/mol. The second-order valence-electron chi connectivity index (χ2n) is 7.16. The molecule has 3 aliphatic carbocycles. The van der Waals surface area contributed by atoms with Gasteiger partial charge in [0.05, 0.1) is 4.47 Å². The summed E-state index contributed by atoms with van der Waals surface area (Å²) in [5.74, 6) is 0.403. The highest BCUT2D eigenvalue weighted by Gasteiger charge is 2.50. The molecule has 3 aliphatic rings. The van der Waals surface area contributed by atoms with E-state index >= 15 is 0 Å². The first-order valence-electron chi connectivity index (χ1n) is 9.46. The lowest BCUT2D eigenvalue weighted by atomic mass is 9.53. The van der Waals surface area contributed by atoms with E-state index in [1.54, 1.807) is 0 Å². The second-order valence-corrected chi connectivity index (χ2v) is 9.18. The Balaban J connectivity index is 1.98. The Morgan fingerprint density at radius 3 is 2.57 bits per heavy atom. The maximum Gasteiger partial charge on any atom is 0.271 e. The minimum absolute atomic E-state index is 0.0312. The smallest absolute Gasteiger partial charge is 0.271 e. The monoisotopic (exact) mass is 399 g/mol. The van der Waals surface area contributed by atoms with E-state index in [1.165, 1.54) is 11.3 Å². The summed E-state index contributed by atoms with van der Waals surface area (Å²) in [5.41, 5.74) is -0.320. The molecule has 2 aromatic rings. The van der Waals surface area contributed by atoms with Gasteiger partial charge < -0.3 is 5.11 Å². The van der Waals surface area contributed by atoms with Gasteiger partial charge in [0.2, 0.25) is 0 Å². The standard InChI is InChI=1S/C17H21BrN2O2S/c1-10-11(18)12-13(23-10)14(22)20(2)15(19-12)17-6-3-16(9-21,4-7-17)5-8-17/h21H,3-9H2,1-2H3/i2D3. The summed E-state index contributed by atoms with van der Waals surface area (Å²) >= 11 is 4.80. The summed E-state index contributed by atoms with van der Waals surface area (Å²) in [6.45, 7) is -0.489. The lowest BCUT2D eigenvalue weighted by molar-refractivity contribution is -0.0110. The number of rotatable bonds is 2. The number of aryl methyl sites for hydroxylation is 1. The van der Waals surface area contributed by atoms with Crippen molar-refractivity contribution in [2.24, 2.45) is 12.4 Å². The fraction of sp³-hybridized carbons (Fsp3) is 0.647. The fourth-order valence-corrected chi connectivity index (χ4v) is 5.88. The lowest BCUT2D eigenvalue weighted by Gasteiger charge is -2.52. The highest BCUT2D eigenvalue weighted by atomic mass is 79.9. The summed E-state index contributed by atoms with van der Waals surface area (Å²) in [6, 6.07) is 0. The molecule has 3 saturated carbocycles. The first-order chi connectivity index (χ1) is 12.1. The van der Waals surface area contributed by atoms with Gasteiger partial charge in [0.1, 0.15) is 16.0 Å². The average Bonchev–Trinajstić information content (AvgIpc) is 2.91. The van der Waals surface area contributed by atoms with Crippen molar-refractivity contribution in [3.05, 3.63) is 25.5 Å². The van der Waals surface area contributed by atoms with E-state index in [9.17, 15) is 9.90 Å². The van der Waals surface area contributed by atoms with Crippen LogP contribution in [0.25, 0.3) is 10.2 Å². The zero-order valence-corrected chi connectivity index (χ0v) is 15.4. The quantitative estimate of drug-likeness (QED) is 0.837. The van der Waals surface area contributed by atoms with Gasteiger partial charge in [-0.25, -0.2) is 4.98 Å². The predicted octanol–water partition coefficient (Wildman–Crippen LogP) is 3.65. The van der Waals surface area contributed by atoms with Gasteiger partial charge in [0.15, 0.2) is 0 Å². The molecule has 0 radical (unpaired) electrons. The number of aliphatic hydroxyl groups is 1. The largest absolute Gasteiger partial charge is 0.396 e. The van der Waals surface area contributed by atoms with Gasteiger partial charge in [0.25, 0.3) is 5.56 Å². The molecular weight excluding hydrogens is 376 g/mol. The normalized spacial score (nSPS) is 32.7. The van der Waals surface area contributed by atoms with E-state index < -0.39 is 18.0 Å². The second kappa shape index (κ2) is 5.14. The number of nitrogens with zero attached hydrogens (tertiary/aromatic N) is 2. The van der Waals surface area contributed by atoms with Crippen LogP contribution in [0.15, 0.2) is 9.27 Å². The van der Waals surface area contributed by atoms with Crippen molar-refractivity contribution in [1.29, 1.82) is 0 Å². The van der Waals surface area contributed by atoms with Gasteiger partial charge in [-0.2, -0.15) is 0 Å². The van der Waals surface area contributed by atoms with Crippen LogP contribution in [0.5, 0.6) is 0 Å². The van der Waals surface area contributed by atoms with E-state index in [0.717, 1.165) is 52.4 Å². The molecule has 2 aromatic heterocycles. The molecule has 23 heavy (non-hydrogen) atoms. The molecule has 2 bridgehead atoms. The van der Waals surface area contributed by atoms with Crippen molar-refractivity contribution < 1.29 is 9.22 Å². The Hall–Kier alpha value is -0.720. The van der Waals surface area contributed by atoms with E-state index in [1.807, 2.05) is 6.92 Å². The van der Waals surface area contributed by atoms with E-state index in [2.05, 4.69) is 15.9 Å². The van der Waals surface area contributed by atoms with Crippen LogP contribution < -0.4 is 5.56 Å². The minimum atomic E-state index is -2.56. The number of fused-ring (bicyclic) bond motifs is 4. The van der Waals surface area contributed by atoms with E-state index in [-0.39, 0.29) is 12.0 Å². The summed E-state index contributed by atoms with van der Waals surface area (Å²) in [4.78, 5) is 18.8. The molecule has 0 aliphatic heterocycles. The van der Waals surface area contributed by atoms with Gasteiger partial charge in [0, 0.05) is 28.0 Å². The van der Waals surface area contributed by atoms with Gasteiger partial charge in [-0.1, -0.05) is 0 Å². The maximum absolute atomic E-state index is 13.1. The molecule has 0 unspecified atom stereocenters. The lowest BCUT2D eigenvalue weighted by Crippen LogP contribution is -2.48. The van der Waals surface area contributed by atoms with E-state index in [0.29, 0.717) is 16.0 Å². The van der Waals surface area contributed by atoms with Crippen LogP contribution in [0.4, 0.5) is 0 Å². The van der Waals surface area contributed by atoms with Crippen LogP contribution in [0.2, 0.25) is 0 Å². The Bertz CT molecular complexity index is 926. The van der Waals surface area contributed by atoms with Crippen molar-refractivity contribution >= 4 is 37.5 Å². The van der Waals surface area contributed by atoms with Gasteiger partial charge in [-0.3, -0.25) is 9.36 Å². The highest BCUT2D eigenvalue weighted by molar-refractivity contribution is 9.10. The van der Waals surface area contributed by atoms with Crippen molar-refractivity contribution in [3.8, 4) is 0 Å². The molecule has 124 valence electrons. The SMILES string of the molecule is [2H]C([2H])([2H])n1c(C23CCC(CO)(CC2)CC3)nc2c(Br)c(C)sc2c1=O. The summed E-state index contributed by atoms with van der Waals surface area (Å²) in [7, 11) is 0. The molecule has 0 aromatic carbocycles. The van der Waals surface area contributed by atoms with Gasteiger partial charge >= 0.3 is 0 Å². The van der Waals surface area contributed by atoms with Gasteiger partial charge in [-0.15, -0.1) is 11.3 Å². The van der Waals surface area contributed by atoms with Crippen LogP contribution in [0.1, 0.15) is 53.3 Å². The molecule has 3 fully saturated rings. The molecule has 2 heterocycles. The Morgan fingerprint density at radius 2 is 2.00 bits per heavy atom. The molecule has 5 rings (SSSR count). The van der Waals surface area contributed by atoms with Crippen LogP contribution in [-0.4, -0.2) is 21.3 Å². The molecule has 0 amide bonds. The fourth-order valence-electron chi connectivity index (χ4n) is 4.30. The van der Waals surface area contributed by atoms with Crippen molar-refractivity contribution in [2.45, 2.75) is 50.9 Å². The first kappa shape index (κ1) is 12.6. The van der Waals surface area contributed by atoms with Crippen molar-refractivity contribution in [1.82, 2.24) is 9.55 Å². The number of aromatic nitrogens is 2. The van der Waals surface area contributed by atoms with Crippen molar-refractivity contribution in [3.63, 3.8) is 0 Å². The van der Waals surface area contributed by atoms with Crippen LogP contribution in [0.3, 0.4) is 0 Å². The van der Waals surface area contributed by atoms with Crippen molar-refractivity contribution in [2.75, 3.05) is 6.61 Å². The summed E-state index contributed by atoms with van der Waals surface area (Å²) in [6.07, 6.45) is 4.85. The summed E-state index contributed by atoms with van der Waals surface area (Å²) < 4.78 is 26.0. The Kier molecular flexibility index (Phi) is 2.82. The number of halogens is 1. The third-order valence-electron chi connectivity index (χ3n) is 6.03. The van der Waals surface area contributed by atoms with Crippen LogP contribution >= 0.6 is 27.3 Å². The molecule has 1 N–H and O–H groups in total. The third kappa shape index (κ3) is 2.11. The molecule has 4 nitrogen and oxygen atoms in total. The molecule has 6 heteroatoms. The first-order valence-corrected chi connectivity index (χ1v) is 9.57. The average molecular weight is 400 g/mol. The maximum atomic E-state index is 13.1. The van der Waals surface area contributed by atoms with E-state index in [4.69, 9.17) is 9.10 Å². The van der Waals surface area contributed by atoms with Gasteiger partial charge in [-0.05, 0) is 66.8 Å². The zero-order chi connectivity index (χ0) is 18.9. The molecular formula is C17H21BrN2O2S. The summed E-state index contributed by atoms with van der Waals surface area (Å²) in [5, 5.41) is 9.76. The minimum Gasteiger partial charge on any atom is -0.396 e. The zero-order valence-electron chi connectivity index (χ0n) is 16.0. The number of hydrogen-bond donors (Lipinski definition) is 1. The number of aliphatic hydroxyl groups excluding tert-OH is 1. The third-order valence-corrected chi connectivity index (χ3v) is 8.34. The molecule has 0 saturated heterocycles. The van der Waals surface area contributed by atoms with Crippen LogP contribution in [-0.2, 0) is 12.4 Å². The Morgan fingerprint density at radius 1 is 1.35 bits per heavy atom.